The van der Waals surface area contributed by atoms with E-state index in [-0.39, 0.29) is 29.8 Å². The molecule has 2 aromatic carbocycles. The first kappa shape index (κ1) is 17.7. The average Bonchev–Trinajstić information content (AvgIpc) is 3.13. The fraction of sp³-hybridized carbons (Fsp3) is 0.300. The van der Waals surface area contributed by atoms with Crippen LogP contribution >= 0.6 is 0 Å². The van der Waals surface area contributed by atoms with Crippen molar-refractivity contribution in [1.29, 1.82) is 0 Å². The summed E-state index contributed by atoms with van der Waals surface area (Å²) in [6, 6.07) is 15.6. The summed E-state index contributed by atoms with van der Waals surface area (Å²) in [5, 5.41) is 2.87. The van der Waals surface area contributed by atoms with Crippen molar-refractivity contribution in [1.82, 2.24) is 9.55 Å². The van der Waals surface area contributed by atoms with Gasteiger partial charge in [-0.05, 0) is 49.6 Å². The Morgan fingerprint density at radius 2 is 2.00 bits per heavy atom. The third-order valence-corrected chi connectivity index (χ3v) is 6.76. The normalized spacial score (nSPS) is 18.6. The highest BCUT2D eigenvalue weighted by Crippen LogP contribution is 2.25. The van der Waals surface area contributed by atoms with Crippen molar-refractivity contribution in [3.05, 3.63) is 54.4 Å². The summed E-state index contributed by atoms with van der Waals surface area (Å²) in [5.41, 5.74) is 3.49. The second-order valence-corrected chi connectivity index (χ2v) is 9.28. The van der Waals surface area contributed by atoms with Gasteiger partial charge in [-0.2, -0.15) is 0 Å². The highest BCUT2D eigenvalue weighted by atomic mass is 32.2. The Morgan fingerprint density at radius 1 is 1.22 bits per heavy atom. The molecule has 1 saturated heterocycles. The van der Waals surface area contributed by atoms with Crippen LogP contribution in [-0.2, 0) is 14.6 Å². The van der Waals surface area contributed by atoms with Crippen molar-refractivity contribution in [2.24, 2.45) is 5.92 Å². The lowest BCUT2D eigenvalue weighted by Crippen LogP contribution is -2.17. The number of aryl methyl sites for hydroxylation is 1. The lowest BCUT2D eigenvalue weighted by molar-refractivity contribution is -0.116. The molecule has 0 bridgehead atoms. The summed E-state index contributed by atoms with van der Waals surface area (Å²) < 4.78 is 25.1. The van der Waals surface area contributed by atoms with Crippen LogP contribution in [0.15, 0.2) is 48.5 Å². The molecule has 1 N–H and O–H groups in total. The molecule has 0 radical (unpaired) electrons. The smallest absolute Gasteiger partial charge is 0.224 e. The number of hydrogen-bond donors (Lipinski definition) is 1. The van der Waals surface area contributed by atoms with Crippen LogP contribution in [-0.4, -0.2) is 35.4 Å². The zero-order valence-corrected chi connectivity index (χ0v) is 15.9. The van der Waals surface area contributed by atoms with Crippen LogP contribution in [0.5, 0.6) is 0 Å². The van der Waals surface area contributed by atoms with E-state index in [1.165, 1.54) is 0 Å². The monoisotopic (exact) mass is 383 g/mol. The number of nitrogens with zero attached hydrogens (tertiary/aromatic N) is 2. The van der Waals surface area contributed by atoms with Crippen LogP contribution in [0.2, 0.25) is 0 Å². The standard InChI is InChI=1S/C20H21N3O3S/c1-14-21-18-12-16(22-20(24)11-15-9-10-27(25,26)13-15)7-8-19(18)23(14)17-5-3-2-4-6-17/h2-8,12,15H,9-11,13H2,1H3,(H,22,24)/t15-/m1/s1. The molecule has 1 aromatic heterocycles. The van der Waals surface area contributed by atoms with Gasteiger partial charge in [0, 0.05) is 17.8 Å². The molecule has 3 aromatic rings. The Hall–Kier alpha value is -2.67. The minimum atomic E-state index is -2.96. The van der Waals surface area contributed by atoms with E-state index in [9.17, 15) is 13.2 Å². The molecule has 0 saturated carbocycles. The van der Waals surface area contributed by atoms with Gasteiger partial charge in [-0.1, -0.05) is 18.2 Å². The maximum Gasteiger partial charge on any atom is 0.224 e. The summed E-state index contributed by atoms with van der Waals surface area (Å²) in [6.45, 7) is 1.95. The Kier molecular flexibility index (Phi) is 4.47. The summed E-state index contributed by atoms with van der Waals surface area (Å²) in [6.07, 6.45) is 0.796. The number of carbonyl (C=O) groups excluding carboxylic acids is 1. The molecule has 7 heteroatoms. The van der Waals surface area contributed by atoms with Crippen LogP contribution in [0.25, 0.3) is 16.7 Å². The van der Waals surface area contributed by atoms with E-state index in [1.54, 1.807) is 0 Å². The molecule has 1 amide bonds. The van der Waals surface area contributed by atoms with Gasteiger partial charge in [0.15, 0.2) is 9.84 Å². The number of hydrogen-bond acceptors (Lipinski definition) is 4. The van der Waals surface area contributed by atoms with Gasteiger partial charge in [0.05, 0.1) is 22.5 Å². The van der Waals surface area contributed by atoms with Gasteiger partial charge >= 0.3 is 0 Å². The number of sulfone groups is 1. The minimum Gasteiger partial charge on any atom is -0.326 e. The topological polar surface area (TPSA) is 81.1 Å². The molecule has 1 aliphatic rings. The molecule has 0 aliphatic carbocycles. The van der Waals surface area contributed by atoms with Crippen LogP contribution in [0, 0.1) is 12.8 Å². The summed E-state index contributed by atoms with van der Waals surface area (Å²) >= 11 is 0. The van der Waals surface area contributed by atoms with Gasteiger partial charge in [-0.3, -0.25) is 9.36 Å². The first-order chi connectivity index (χ1) is 12.9. The lowest BCUT2D eigenvalue weighted by atomic mass is 10.1. The van der Waals surface area contributed by atoms with E-state index in [2.05, 4.69) is 14.9 Å². The summed E-state index contributed by atoms with van der Waals surface area (Å²) in [7, 11) is -2.96. The number of nitrogens with one attached hydrogen (secondary N) is 1. The van der Waals surface area contributed by atoms with E-state index in [0.29, 0.717) is 12.1 Å². The third-order valence-electron chi connectivity index (χ3n) is 4.92. The first-order valence-corrected chi connectivity index (χ1v) is 10.8. The Bertz CT molecular complexity index is 1100. The fourth-order valence-electron chi connectivity index (χ4n) is 3.69. The van der Waals surface area contributed by atoms with Gasteiger partial charge in [-0.25, -0.2) is 13.4 Å². The van der Waals surface area contributed by atoms with Crippen molar-refractivity contribution >= 4 is 32.5 Å². The second-order valence-electron chi connectivity index (χ2n) is 7.05. The third kappa shape index (κ3) is 3.73. The molecule has 140 valence electrons. The molecule has 1 aliphatic heterocycles. The van der Waals surface area contributed by atoms with Crippen molar-refractivity contribution in [3.63, 3.8) is 0 Å². The Morgan fingerprint density at radius 3 is 2.70 bits per heavy atom. The molecule has 4 rings (SSSR count). The minimum absolute atomic E-state index is 0.0849. The van der Waals surface area contributed by atoms with Crippen molar-refractivity contribution in [2.45, 2.75) is 19.8 Å². The molecule has 2 heterocycles. The van der Waals surface area contributed by atoms with E-state index >= 15 is 0 Å². The lowest BCUT2D eigenvalue weighted by Gasteiger charge is -2.09. The number of amides is 1. The summed E-state index contributed by atoms with van der Waals surface area (Å²) in [5.74, 6) is 0.928. The van der Waals surface area contributed by atoms with Crippen molar-refractivity contribution < 1.29 is 13.2 Å². The molecule has 0 spiro atoms. The second kappa shape index (κ2) is 6.81. The van der Waals surface area contributed by atoms with Gasteiger partial charge in [0.2, 0.25) is 5.91 Å². The fourth-order valence-corrected chi connectivity index (χ4v) is 5.55. The molecule has 0 unspecified atom stereocenters. The quantitative estimate of drug-likeness (QED) is 0.751. The molecular formula is C20H21N3O3S. The van der Waals surface area contributed by atoms with E-state index in [0.717, 1.165) is 22.5 Å². The highest BCUT2D eigenvalue weighted by molar-refractivity contribution is 7.91. The molecular weight excluding hydrogens is 362 g/mol. The highest BCUT2D eigenvalue weighted by Gasteiger charge is 2.29. The van der Waals surface area contributed by atoms with E-state index in [1.807, 2.05) is 55.5 Å². The molecule has 1 fully saturated rings. The largest absolute Gasteiger partial charge is 0.326 e. The van der Waals surface area contributed by atoms with Gasteiger partial charge in [0.1, 0.15) is 5.82 Å². The molecule has 6 nitrogen and oxygen atoms in total. The van der Waals surface area contributed by atoms with Crippen LogP contribution in [0.3, 0.4) is 0 Å². The number of carbonyl (C=O) groups is 1. The maximum absolute atomic E-state index is 12.3. The number of para-hydroxylation sites is 1. The van der Waals surface area contributed by atoms with Gasteiger partial charge in [-0.15, -0.1) is 0 Å². The Balaban J connectivity index is 1.53. The van der Waals surface area contributed by atoms with Crippen molar-refractivity contribution in [2.75, 3.05) is 16.8 Å². The SMILES string of the molecule is Cc1nc2cc(NC(=O)C[C@H]3CCS(=O)(=O)C3)ccc2n1-c1ccccc1. The van der Waals surface area contributed by atoms with Crippen LogP contribution < -0.4 is 5.32 Å². The number of rotatable bonds is 4. The Labute approximate surface area is 158 Å². The van der Waals surface area contributed by atoms with Gasteiger partial charge in [0.25, 0.3) is 0 Å². The zero-order valence-electron chi connectivity index (χ0n) is 15.1. The number of imidazole rings is 1. The predicted molar refractivity (Wildman–Crippen MR) is 106 cm³/mol. The van der Waals surface area contributed by atoms with Gasteiger partial charge < -0.3 is 5.32 Å². The molecule has 27 heavy (non-hydrogen) atoms. The zero-order chi connectivity index (χ0) is 19.0. The number of anilines is 1. The number of aromatic nitrogens is 2. The predicted octanol–water partition coefficient (Wildman–Crippen LogP) is 3.10. The van der Waals surface area contributed by atoms with E-state index < -0.39 is 9.84 Å². The van der Waals surface area contributed by atoms with E-state index in [4.69, 9.17) is 0 Å². The molecule has 1 atom stereocenters. The summed E-state index contributed by atoms with van der Waals surface area (Å²) in [4.78, 5) is 16.9. The first-order valence-electron chi connectivity index (χ1n) is 8.96. The van der Waals surface area contributed by atoms with Crippen LogP contribution in [0.4, 0.5) is 5.69 Å². The average molecular weight is 383 g/mol. The maximum atomic E-state index is 12.3. The van der Waals surface area contributed by atoms with Crippen LogP contribution in [0.1, 0.15) is 18.7 Å². The number of benzene rings is 2. The van der Waals surface area contributed by atoms with Crippen molar-refractivity contribution in [3.8, 4) is 5.69 Å². The number of fused-ring (bicyclic) bond motifs is 1.